The SMILES string of the molecule is CC(C(=O)Nc1cc(-c2cccc3cnn(C)c23)cc(C#Cc2ccc3c(c2)CC(=O)N3C)n1)N(C)C(=O)OC(C)(C)C. The van der Waals surface area contributed by atoms with Gasteiger partial charge in [-0.05, 0) is 75.1 Å². The van der Waals surface area contributed by atoms with Crippen LogP contribution in [-0.4, -0.2) is 63.3 Å². The highest BCUT2D eigenvalue weighted by molar-refractivity contribution is 6.01. The second-order valence-electron chi connectivity index (χ2n) is 11.6. The summed E-state index contributed by atoms with van der Waals surface area (Å²) >= 11 is 0. The molecule has 2 aromatic carbocycles. The molecule has 0 spiro atoms. The van der Waals surface area contributed by atoms with E-state index in [4.69, 9.17) is 4.74 Å². The highest BCUT2D eigenvalue weighted by Gasteiger charge is 2.27. The second-order valence-corrected chi connectivity index (χ2v) is 11.6. The molecule has 1 aliphatic rings. The first-order chi connectivity index (χ1) is 20.3. The van der Waals surface area contributed by atoms with Crippen molar-refractivity contribution in [1.29, 1.82) is 0 Å². The lowest BCUT2D eigenvalue weighted by Gasteiger charge is -2.28. The van der Waals surface area contributed by atoms with Crippen molar-refractivity contribution in [1.82, 2.24) is 19.7 Å². The van der Waals surface area contributed by atoms with Crippen molar-refractivity contribution < 1.29 is 19.1 Å². The van der Waals surface area contributed by atoms with Crippen LogP contribution in [0.5, 0.6) is 0 Å². The van der Waals surface area contributed by atoms with Crippen molar-refractivity contribution in [2.24, 2.45) is 7.05 Å². The largest absolute Gasteiger partial charge is 0.444 e. The van der Waals surface area contributed by atoms with Gasteiger partial charge in [0.1, 0.15) is 23.2 Å². The molecular formula is C33H34N6O4. The molecule has 3 amide bonds. The van der Waals surface area contributed by atoms with Crippen molar-refractivity contribution in [2.45, 2.75) is 45.8 Å². The second kappa shape index (κ2) is 11.2. The number of ether oxygens (including phenoxy) is 1. The average Bonchev–Trinajstić information content (AvgIpc) is 3.47. The fraction of sp³-hybridized carbons (Fsp3) is 0.303. The number of nitrogens with zero attached hydrogens (tertiary/aromatic N) is 5. The molecule has 43 heavy (non-hydrogen) atoms. The number of pyridine rings is 1. The molecule has 0 saturated heterocycles. The molecule has 0 aliphatic carbocycles. The monoisotopic (exact) mass is 578 g/mol. The molecule has 220 valence electrons. The van der Waals surface area contributed by atoms with Gasteiger partial charge in [0.15, 0.2) is 0 Å². The maximum Gasteiger partial charge on any atom is 0.410 e. The number of aromatic nitrogens is 3. The molecule has 1 unspecified atom stereocenters. The number of nitrogens with one attached hydrogen (secondary N) is 1. The molecule has 1 aliphatic heterocycles. The van der Waals surface area contributed by atoms with Gasteiger partial charge in [-0.15, -0.1) is 0 Å². The number of rotatable bonds is 4. The Hall–Kier alpha value is -5.17. The smallest absolute Gasteiger partial charge is 0.410 e. The van der Waals surface area contributed by atoms with E-state index in [1.807, 2.05) is 49.5 Å². The molecule has 5 rings (SSSR count). The third-order valence-electron chi connectivity index (χ3n) is 7.28. The molecule has 0 radical (unpaired) electrons. The number of amides is 3. The van der Waals surface area contributed by atoms with E-state index < -0.39 is 23.6 Å². The van der Waals surface area contributed by atoms with Crippen LogP contribution < -0.4 is 10.2 Å². The number of carbonyl (C=O) groups excluding carboxylic acids is 3. The maximum absolute atomic E-state index is 13.3. The van der Waals surface area contributed by atoms with Gasteiger partial charge in [-0.25, -0.2) is 9.78 Å². The van der Waals surface area contributed by atoms with Crippen LogP contribution >= 0.6 is 0 Å². The first kappa shape index (κ1) is 29.3. The topological polar surface area (TPSA) is 110 Å². The van der Waals surface area contributed by atoms with Crippen LogP contribution in [0.3, 0.4) is 0 Å². The number of benzene rings is 2. The van der Waals surface area contributed by atoms with E-state index in [0.717, 1.165) is 38.8 Å². The zero-order chi connectivity index (χ0) is 31.1. The van der Waals surface area contributed by atoms with Gasteiger partial charge in [0.25, 0.3) is 0 Å². The van der Waals surface area contributed by atoms with Crippen LogP contribution in [0, 0.1) is 11.8 Å². The Morgan fingerprint density at radius 1 is 1.09 bits per heavy atom. The van der Waals surface area contributed by atoms with Gasteiger partial charge in [-0.2, -0.15) is 5.10 Å². The summed E-state index contributed by atoms with van der Waals surface area (Å²) in [6.45, 7) is 6.93. The number of likely N-dealkylation sites (N-methyl/N-ethyl adjacent to an activating group) is 2. The summed E-state index contributed by atoms with van der Waals surface area (Å²) in [5.41, 5.74) is 4.93. The summed E-state index contributed by atoms with van der Waals surface area (Å²) in [7, 11) is 5.16. The third-order valence-corrected chi connectivity index (χ3v) is 7.28. The first-order valence-corrected chi connectivity index (χ1v) is 13.9. The number of hydrogen-bond donors (Lipinski definition) is 1. The number of anilines is 2. The van der Waals surface area contributed by atoms with Crippen LogP contribution in [-0.2, 0) is 27.8 Å². The predicted octanol–water partition coefficient (Wildman–Crippen LogP) is 4.75. The van der Waals surface area contributed by atoms with Crippen LogP contribution in [0.15, 0.2) is 54.7 Å². The van der Waals surface area contributed by atoms with E-state index in [2.05, 4.69) is 27.2 Å². The van der Waals surface area contributed by atoms with Gasteiger partial charge in [-0.1, -0.05) is 24.1 Å². The number of fused-ring (bicyclic) bond motifs is 2. The van der Waals surface area contributed by atoms with Crippen LogP contribution in [0.1, 0.15) is 44.5 Å². The minimum absolute atomic E-state index is 0.0470. The summed E-state index contributed by atoms with van der Waals surface area (Å²) in [6.07, 6.45) is 1.54. The maximum atomic E-state index is 13.3. The molecule has 10 heteroatoms. The molecule has 0 fully saturated rings. The molecule has 3 heterocycles. The minimum Gasteiger partial charge on any atom is -0.444 e. The van der Waals surface area contributed by atoms with Gasteiger partial charge in [0.05, 0.1) is 18.1 Å². The predicted molar refractivity (Wildman–Crippen MR) is 166 cm³/mol. The number of para-hydroxylation sites is 1. The van der Waals surface area contributed by atoms with E-state index in [1.54, 1.807) is 56.6 Å². The molecular weight excluding hydrogens is 544 g/mol. The number of carbonyl (C=O) groups is 3. The number of hydrogen-bond acceptors (Lipinski definition) is 6. The van der Waals surface area contributed by atoms with E-state index >= 15 is 0 Å². The van der Waals surface area contributed by atoms with E-state index in [0.29, 0.717) is 12.1 Å². The zero-order valence-electron chi connectivity index (χ0n) is 25.3. The summed E-state index contributed by atoms with van der Waals surface area (Å²) in [6, 6.07) is 14.4. The van der Waals surface area contributed by atoms with Crippen molar-refractivity contribution in [3.05, 3.63) is 71.5 Å². The average molecular weight is 579 g/mol. The Kier molecular flexibility index (Phi) is 7.67. The van der Waals surface area contributed by atoms with Crippen molar-refractivity contribution in [2.75, 3.05) is 24.3 Å². The van der Waals surface area contributed by atoms with Gasteiger partial charge in [0.2, 0.25) is 11.8 Å². The Balaban J connectivity index is 1.50. The van der Waals surface area contributed by atoms with Gasteiger partial charge in [-0.3, -0.25) is 19.2 Å². The van der Waals surface area contributed by atoms with E-state index in [1.165, 1.54) is 11.9 Å². The lowest BCUT2D eigenvalue weighted by Crippen LogP contribution is -2.45. The van der Waals surface area contributed by atoms with Gasteiger partial charge < -0.3 is 15.0 Å². The molecule has 2 aromatic heterocycles. The lowest BCUT2D eigenvalue weighted by atomic mass is 10.0. The Labute approximate surface area is 250 Å². The molecule has 10 nitrogen and oxygen atoms in total. The zero-order valence-corrected chi connectivity index (χ0v) is 25.3. The van der Waals surface area contributed by atoms with E-state index in [9.17, 15) is 14.4 Å². The Morgan fingerprint density at radius 2 is 1.86 bits per heavy atom. The van der Waals surface area contributed by atoms with Crippen molar-refractivity contribution in [3.8, 4) is 23.0 Å². The Morgan fingerprint density at radius 3 is 2.60 bits per heavy atom. The fourth-order valence-electron chi connectivity index (χ4n) is 4.86. The molecule has 0 bridgehead atoms. The normalized spacial score (nSPS) is 13.3. The lowest BCUT2D eigenvalue weighted by molar-refractivity contribution is -0.120. The molecule has 1 atom stereocenters. The highest BCUT2D eigenvalue weighted by Crippen LogP contribution is 2.31. The van der Waals surface area contributed by atoms with Crippen molar-refractivity contribution in [3.63, 3.8) is 0 Å². The summed E-state index contributed by atoms with van der Waals surface area (Å²) < 4.78 is 7.22. The van der Waals surface area contributed by atoms with Crippen LogP contribution in [0.2, 0.25) is 0 Å². The third kappa shape index (κ3) is 6.21. The fourth-order valence-corrected chi connectivity index (χ4v) is 4.86. The summed E-state index contributed by atoms with van der Waals surface area (Å²) in [5, 5.41) is 8.23. The molecule has 0 saturated carbocycles. The van der Waals surface area contributed by atoms with Crippen molar-refractivity contribution >= 4 is 40.3 Å². The van der Waals surface area contributed by atoms with Gasteiger partial charge in [0, 0.05) is 43.3 Å². The Bertz CT molecular complexity index is 1820. The van der Waals surface area contributed by atoms with Crippen LogP contribution in [0.4, 0.5) is 16.3 Å². The van der Waals surface area contributed by atoms with Gasteiger partial charge >= 0.3 is 6.09 Å². The number of aryl methyl sites for hydroxylation is 1. The quantitative estimate of drug-likeness (QED) is 0.350. The van der Waals surface area contributed by atoms with E-state index in [-0.39, 0.29) is 11.7 Å². The first-order valence-electron chi connectivity index (χ1n) is 13.9. The highest BCUT2D eigenvalue weighted by atomic mass is 16.6. The molecule has 4 aromatic rings. The minimum atomic E-state index is -0.831. The molecule has 1 N–H and O–H groups in total. The standard InChI is InChI=1S/C33H34N6O4/c1-20(37(5)32(42)43-33(2,3)4)31(41)36-28-17-23(26-10-8-9-22-19-34-39(7)30(22)26)16-25(35-28)13-11-21-12-14-27-24(15-21)18-29(40)38(27)6/h8-10,12,14-17,19-20H,18H2,1-7H3,(H,35,36,41). The summed E-state index contributed by atoms with van der Waals surface area (Å²) in [4.78, 5) is 45.5. The van der Waals surface area contributed by atoms with Crippen LogP contribution in [0.25, 0.3) is 22.0 Å². The summed E-state index contributed by atoms with van der Waals surface area (Å²) in [5.74, 6) is 6.20.